The van der Waals surface area contributed by atoms with Crippen LogP contribution in [0.25, 0.3) is 0 Å². The van der Waals surface area contributed by atoms with Crippen LogP contribution in [0.3, 0.4) is 0 Å². The van der Waals surface area contributed by atoms with Gasteiger partial charge in [-0.1, -0.05) is 0 Å². The molecule has 0 bridgehead atoms. The zero-order valence-electron chi connectivity index (χ0n) is 20.6. The molecule has 0 saturated heterocycles. The fraction of sp³-hybridized carbons (Fsp3) is 1.00. The standard InChI is InChI=1S/3C6H14O6.4Ar/c3*7-1-3(9)5(11)6(12)4(10)2-8;;;;/h3*3-12H,1-2H2;;;;/t3*3-,4+,5-,6-;;;;/m111..../s1. The van der Waals surface area contributed by atoms with Gasteiger partial charge in [0.1, 0.15) is 73.2 Å². The van der Waals surface area contributed by atoms with Gasteiger partial charge in [0.25, 0.3) is 0 Å². The van der Waals surface area contributed by atoms with E-state index in [9.17, 15) is 0 Å². The van der Waals surface area contributed by atoms with Gasteiger partial charge in [-0.25, -0.2) is 0 Å². The van der Waals surface area contributed by atoms with Crippen LogP contribution >= 0.6 is 0 Å². The van der Waals surface area contributed by atoms with E-state index in [2.05, 4.69) is 0 Å². The molecule has 18 N–H and O–H groups in total. The first-order valence-electron chi connectivity index (χ1n) is 10.4. The van der Waals surface area contributed by atoms with Gasteiger partial charge in [-0.2, -0.15) is 0 Å². The summed E-state index contributed by atoms with van der Waals surface area (Å²) in [6.45, 7) is -4.35. The summed E-state index contributed by atoms with van der Waals surface area (Å²) in [6.07, 6.45) is -19.2. The van der Waals surface area contributed by atoms with Gasteiger partial charge in [0.05, 0.1) is 39.6 Å². The molecule has 0 unspecified atom stereocenters. The van der Waals surface area contributed by atoms with E-state index in [-0.39, 0.29) is 151 Å². The second kappa shape index (κ2) is 36.2. The summed E-state index contributed by atoms with van der Waals surface area (Å²) in [4.78, 5) is 0. The van der Waals surface area contributed by atoms with E-state index in [4.69, 9.17) is 91.9 Å². The van der Waals surface area contributed by atoms with Gasteiger partial charge < -0.3 is 91.9 Å². The maximum Gasteiger partial charge on any atom is 0.111 e. The molecule has 0 aliphatic heterocycles. The maximum atomic E-state index is 8.96. The van der Waals surface area contributed by atoms with Gasteiger partial charge in [0.15, 0.2) is 0 Å². The number of hydrogen-bond donors (Lipinski definition) is 18. The summed E-state index contributed by atoms with van der Waals surface area (Å²) in [7, 11) is 0. The summed E-state index contributed by atoms with van der Waals surface area (Å²) < 4.78 is 0. The molecule has 0 amide bonds. The predicted molar refractivity (Wildman–Crippen MR) is 115 cm³/mol. The Morgan fingerprint density at radius 1 is 0.225 bits per heavy atom. The maximum absolute atomic E-state index is 8.96. The van der Waals surface area contributed by atoms with Crippen LogP contribution in [0.4, 0.5) is 0 Å². The first-order chi connectivity index (χ1) is 16.6. The van der Waals surface area contributed by atoms with Crippen molar-refractivity contribution in [3.05, 3.63) is 0 Å². The van der Waals surface area contributed by atoms with E-state index in [1.54, 1.807) is 0 Å². The van der Waals surface area contributed by atoms with Gasteiger partial charge in [-0.3, -0.25) is 0 Å². The van der Waals surface area contributed by atoms with Crippen molar-refractivity contribution in [1.82, 2.24) is 0 Å². The summed E-state index contributed by atoms with van der Waals surface area (Å²) >= 11 is 0. The van der Waals surface area contributed by atoms with Crippen LogP contribution in [0.2, 0.25) is 0 Å². The van der Waals surface area contributed by atoms with Crippen LogP contribution in [-0.2, 0) is 0 Å². The van der Waals surface area contributed by atoms with Crippen molar-refractivity contribution in [3.8, 4) is 0 Å². The van der Waals surface area contributed by atoms with E-state index in [1.807, 2.05) is 0 Å². The molecule has 0 rings (SSSR count). The van der Waals surface area contributed by atoms with Crippen LogP contribution in [0.5, 0.6) is 0 Å². The third kappa shape index (κ3) is 26.4. The van der Waals surface area contributed by atoms with Crippen molar-refractivity contribution in [2.45, 2.75) is 73.2 Å². The molecule has 0 aromatic heterocycles. The van der Waals surface area contributed by atoms with Gasteiger partial charge >= 0.3 is 0 Å². The third-order valence-corrected chi connectivity index (χ3v) is 4.54. The average molecular weight is 706 g/mol. The molecule has 0 aliphatic rings. The smallest absolute Gasteiger partial charge is 0.111 e. The molecule has 22 heteroatoms. The molecule has 0 aromatic rings. The minimum atomic E-state index is -1.67. The molecule has 40 heavy (non-hydrogen) atoms. The molecule has 0 spiro atoms. The Kier molecular flexibility index (Phi) is 54.0. The van der Waals surface area contributed by atoms with E-state index in [1.165, 1.54) is 0 Å². The SMILES string of the molecule is OC[C@@H](O)[C@@H](O)[C@H](O)[C@@H](O)CO.OC[C@@H](O)[C@@H](O)[C@H](O)[C@@H](O)CO.OC[C@@H](O)[C@@H](O)[C@H](O)[C@@H](O)CO.[Ar].[Ar].[Ar].[Ar]. The summed E-state index contributed by atoms with van der Waals surface area (Å²) in [5.41, 5.74) is 0. The molecule has 0 fully saturated rings. The van der Waals surface area contributed by atoms with Gasteiger partial charge in [-0.05, 0) is 0 Å². The van der Waals surface area contributed by atoms with E-state index < -0.39 is 113 Å². The summed E-state index contributed by atoms with van der Waals surface area (Å²) in [5, 5.41) is 157. The monoisotopic (exact) mass is 706 g/mol. The zero-order valence-corrected chi connectivity index (χ0v) is 23.5. The second-order valence-corrected chi connectivity index (χ2v) is 7.44. The Morgan fingerprint density at radius 2 is 0.300 bits per heavy atom. The predicted octanol–water partition coefficient (Wildman–Crippen LogP) is -10.8. The largest absolute Gasteiger partial charge is 0.394 e. The number of rotatable bonds is 15. The molecule has 0 aromatic carbocycles. The normalized spacial score (nSPS) is 19.4. The van der Waals surface area contributed by atoms with Crippen LogP contribution < -0.4 is 0 Å². The Labute approximate surface area is 350 Å². The molecule has 18 nitrogen and oxygen atoms in total. The summed E-state index contributed by atoms with van der Waals surface area (Å²) in [5.74, 6) is 0. The van der Waals surface area contributed by atoms with E-state index in [0.717, 1.165) is 0 Å². The number of aliphatic hydroxyl groups is 18. The molecule has 12 atom stereocenters. The zero-order chi connectivity index (χ0) is 29.2. The Hall–Kier alpha value is 4.32. The second-order valence-electron chi connectivity index (χ2n) is 7.44. The molecule has 0 aliphatic carbocycles. The van der Waals surface area contributed by atoms with E-state index in [0.29, 0.717) is 0 Å². The molecule has 254 valence electrons. The van der Waals surface area contributed by atoms with Crippen LogP contribution in [0.1, 0.15) is 0 Å². The molecule has 0 radical (unpaired) electrons. The van der Waals surface area contributed by atoms with Crippen LogP contribution in [0, 0.1) is 151 Å². The first-order valence-corrected chi connectivity index (χ1v) is 10.4. The number of hydrogen-bond acceptors (Lipinski definition) is 18. The van der Waals surface area contributed by atoms with Crippen molar-refractivity contribution in [3.63, 3.8) is 0 Å². The average Bonchev–Trinajstić information content (AvgIpc) is 2.92. The molecule has 0 saturated carbocycles. The van der Waals surface area contributed by atoms with Crippen molar-refractivity contribution < 1.29 is 243 Å². The summed E-state index contributed by atoms with van der Waals surface area (Å²) in [6, 6.07) is 0. The van der Waals surface area contributed by atoms with Crippen molar-refractivity contribution in [2.75, 3.05) is 39.6 Å². The first kappa shape index (κ1) is 59.7. The Morgan fingerprint density at radius 3 is 0.350 bits per heavy atom. The third-order valence-electron chi connectivity index (χ3n) is 4.54. The molecule has 0 heterocycles. The van der Waals surface area contributed by atoms with Gasteiger partial charge in [-0.15, -0.1) is 0 Å². The number of aliphatic hydroxyl groups excluding tert-OH is 18. The Balaban J connectivity index is -0.0000000778. The van der Waals surface area contributed by atoms with Crippen molar-refractivity contribution >= 4 is 0 Å². The minimum absolute atomic E-state index is 0. The molecular weight excluding hydrogens is 664 g/mol. The molecular formula is C18H42Ar4O18. The quantitative estimate of drug-likeness (QED) is 0.0751. The van der Waals surface area contributed by atoms with Crippen LogP contribution in [-0.4, -0.2) is 205 Å². The van der Waals surface area contributed by atoms with Crippen molar-refractivity contribution in [2.24, 2.45) is 0 Å². The fourth-order valence-electron chi connectivity index (χ4n) is 2.01. The van der Waals surface area contributed by atoms with Gasteiger partial charge in [0, 0.05) is 151 Å². The van der Waals surface area contributed by atoms with Crippen molar-refractivity contribution in [1.29, 1.82) is 0 Å². The van der Waals surface area contributed by atoms with Gasteiger partial charge in [0.2, 0.25) is 0 Å². The fourth-order valence-corrected chi connectivity index (χ4v) is 2.01. The van der Waals surface area contributed by atoms with Crippen LogP contribution in [0.15, 0.2) is 0 Å². The van der Waals surface area contributed by atoms with E-state index >= 15 is 0 Å². The minimum Gasteiger partial charge on any atom is -0.394 e. The Bertz CT molecular complexity index is 399. The topological polar surface area (TPSA) is 364 Å².